The monoisotopic (exact) mass is 420 g/mol. The van der Waals surface area contributed by atoms with E-state index in [1.165, 1.54) is 12.3 Å². The molecule has 0 spiro atoms. The van der Waals surface area contributed by atoms with Gasteiger partial charge in [-0.1, -0.05) is 11.6 Å². The van der Waals surface area contributed by atoms with E-state index in [0.29, 0.717) is 27.3 Å². The SMILES string of the molecule is Cc1ccc2c(Nc3ccc(Cl)cc3F)c(C(=O)N3CCCC3)cnc2n1.Cl. The molecule has 0 radical (unpaired) electrons. The van der Waals surface area contributed by atoms with E-state index < -0.39 is 5.82 Å². The average molecular weight is 421 g/mol. The predicted octanol–water partition coefficient (Wildman–Crippen LogP) is 5.13. The molecule has 5 nitrogen and oxygen atoms in total. The number of halogens is 3. The number of rotatable bonds is 3. The predicted molar refractivity (Wildman–Crippen MR) is 111 cm³/mol. The average Bonchev–Trinajstić information content (AvgIpc) is 3.18. The number of carbonyl (C=O) groups excluding carboxylic acids is 1. The van der Waals surface area contributed by atoms with Crippen molar-refractivity contribution in [2.24, 2.45) is 0 Å². The number of carbonyl (C=O) groups is 1. The Balaban J connectivity index is 0.00000225. The summed E-state index contributed by atoms with van der Waals surface area (Å²) in [6.45, 7) is 3.31. The molecule has 1 amide bonds. The highest BCUT2D eigenvalue weighted by Gasteiger charge is 2.24. The van der Waals surface area contributed by atoms with Crippen molar-refractivity contribution in [2.45, 2.75) is 19.8 Å². The van der Waals surface area contributed by atoms with Crippen LogP contribution in [0.15, 0.2) is 36.5 Å². The first-order chi connectivity index (χ1) is 13.0. The minimum atomic E-state index is -0.493. The second kappa shape index (κ2) is 8.29. The lowest BCUT2D eigenvalue weighted by molar-refractivity contribution is 0.0793. The van der Waals surface area contributed by atoms with Crippen molar-refractivity contribution in [3.05, 3.63) is 58.6 Å². The van der Waals surface area contributed by atoms with Crippen molar-refractivity contribution in [2.75, 3.05) is 18.4 Å². The third-order valence-electron chi connectivity index (χ3n) is 4.68. The molecule has 1 aromatic carbocycles. The number of nitrogens with zero attached hydrogens (tertiary/aromatic N) is 3. The van der Waals surface area contributed by atoms with Gasteiger partial charge in [0.15, 0.2) is 5.65 Å². The lowest BCUT2D eigenvalue weighted by Gasteiger charge is -2.19. The van der Waals surface area contributed by atoms with Crippen LogP contribution in [0.2, 0.25) is 5.02 Å². The molecule has 1 saturated heterocycles. The second-order valence-corrected chi connectivity index (χ2v) is 7.06. The Morgan fingerprint density at radius 1 is 1.21 bits per heavy atom. The van der Waals surface area contributed by atoms with Crippen LogP contribution in [-0.2, 0) is 0 Å². The van der Waals surface area contributed by atoms with Gasteiger partial charge in [-0.15, -0.1) is 12.4 Å². The Hall–Kier alpha value is -2.44. The number of fused-ring (bicyclic) bond motifs is 1. The zero-order chi connectivity index (χ0) is 19.0. The van der Waals surface area contributed by atoms with Gasteiger partial charge >= 0.3 is 0 Å². The van der Waals surface area contributed by atoms with Crippen LogP contribution in [0, 0.1) is 12.7 Å². The quantitative estimate of drug-likeness (QED) is 0.637. The van der Waals surface area contributed by atoms with E-state index in [1.807, 2.05) is 19.1 Å². The van der Waals surface area contributed by atoms with Crippen LogP contribution >= 0.6 is 24.0 Å². The Morgan fingerprint density at radius 3 is 2.68 bits per heavy atom. The molecule has 2 aromatic heterocycles. The molecule has 0 bridgehead atoms. The molecule has 3 heterocycles. The number of nitrogens with one attached hydrogen (secondary N) is 1. The molecule has 28 heavy (non-hydrogen) atoms. The molecular formula is C20H19Cl2FN4O. The van der Waals surface area contributed by atoms with Crippen LogP contribution in [0.1, 0.15) is 28.9 Å². The topological polar surface area (TPSA) is 58.1 Å². The summed E-state index contributed by atoms with van der Waals surface area (Å²) in [6.07, 6.45) is 3.50. The number of hydrogen-bond donors (Lipinski definition) is 1. The van der Waals surface area contributed by atoms with E-state index in [9.17, 15) is 9.18 Å². The van der Waals surface area contributed by atoms with Crippen molar-refractivity contribution in [1.29, 1.82) is 0 Å². The summed E-state index contributed by atoms with van der Waals surface area (Å²) in [7, 11) is 0. The van der Waals surface area contributed by atoms with Gasteiger partial charge in [-0.2, -0.15) is 0 Å². The van der Waals surface area contributed by atoms with Crippen molar-refractivity contribution >= 4 is 52.3 Å². The minimum Gasteiger partial charge on any atom is -0.352 e. The molecule has 1 aliphatic heterocycles. The van der Waals surface area contributed by atoms with Gasteiger partial charge < -0.3 is 10.2 Å². The number of hydrogen-bond acceptors (Lipinski definition) is 4. The van der Waals surface area contributed by atoms with Crippen LogP contribution in [0.3, 0.4) is 0 Å². The third kappa shape index (κ3) is 3.88. The van der Waals surface area contributed by atoms with Gasteiger partial charge in [0.05, 0.1) is 16.9 Å². The van der Waals surface area contributed by atoms with Gasteiger partial charge in [0.25, 0.3) is 5.91 Å². The molecule has 0 saturated carbocycles. The lowest BCUT2D eigenvalue weighted by atomic mass is 10.1. The van der Waals surface area contributed by atoms with Gasteiger partial charge in [-0.25, -0.2) is 14.4 Å². The van der Waals surface area contributed by atoms with Crippen molar-refractivity contribution in [1.82, 2.24) is 14.9 Å². The zero-order valence-electron chi connectivity index (χ0n) is 15.2. The van der Waals surface area contributed by atoms with Crippen LogP contribution in [-0.4, -0.2) is 33.9 Å². The molecule has 0 unspecified atom stereocenters. The molecule has 4 rings (SSSR count). The molecule has 3 aromatic rings. The molecule has 1 aliphatic rings. The van der Waals surface area contributed by atoms with Gasteiger partial charge in [0, 0.05) is 35.4 Å². The second-order valence-electron chi connectivity index (χ2n) is 6.62. The minimum absolute atomic E-state index is 0. The van der Waals surface area contributed by atoms with E-state index in [0.717, 1.165) is 31.6 Å². The standard InChI is InChI=1S/C20H18ClFN4O.ClH/c1-12-4-6-14-18(25-17-7-5-13(21)10-16(17)22)15(11-23-19(14)24-12)20(27)26-8-2-3-9-26;/h4-7,10-11H,2-3,8-9H2,1H3,(H,23,24,25);1H. The third-order valence-corrected chi connectivity index (χ3v) is 4.92. The number of anilines is 2. The zero-order valence-corrected chi connectivity index (χ0v) is 16.8. The van der Waals surface area contributed by atoms with Crippen LogP contribution < -0.4 is 5.32 Å². The number of aromatic nitrogens is 2. The summed E-state index contributed by atoms with van der Waals surface area (Å²) >= 11 is 5.85. The number of aryl methyl sites for hydroxylation is 1. The van der Waals surface area contributed by atoms with Crippen LogP contribution in [0.5, 0.6) is 0 Å². The summed E-state index contributed by atoms with van der Waals surface area (Å²) < 4.78 is 14.4. The van der Waals surface area contributed by atoms with Gasteiger partial charge in [-0.05, 0) is 50.1 Å². The first kappa shape index (κ1) is 20.3. The van der Waals surface area contributed by atoms with E-state index in [2.05, 4.69) is 15.3 Å². The Kier molecular flexibility index (Phi) is 6.01. The fourth-order valence-corrected chi connectivity index (χ4v) is 3.44. The summed E-state index contributed by atoms with van der Waals surface area (Å²) in [4.78, 5) is 23.6. The fraction of sp³-hybridized carbons (Fsp3) is 0.250. The van der Waals surface area contributed by atoms with E-state index in [4.69, 9.17) is 11.6 Å². The first-order valence-corrected chi connectivity index (χ1v) is 9.18. The highest BCUT2D eigenvalue weighted by molar-refractivity contribution is 6.30. The fourth-order valence-electron chi connectivity index (χ4n) is 3.28. The molecular weight excluding hydrogens is 402 g/mol. The highest BCUT2D eigenvalue weighted by atomic mass is 35.5. The molecule has 0 atom stereocenters. The maximum atomic E-state index is 14.4. The summed E-state index contributed by atoms with van der Waals surface area (Å²) in [5.74, 6) is -0.605. The highest BCUT2D eigenvalue weighted by Crippen LogP contribution is 2.32. The van der Waals surface area contributed by atoms with Crippen molar-refractivity contribution in [3.63, 3.8) is 0 Å². The molecule has 1 fully saturated rings. The smallest absolute Gasteiger partial charge is 0.257 e. The molecule has 8 heteroatoms. The van der Waals surface area contributed by atoms with E-state index >= 15 is 0 Å². The van der Waals surface area contributed by atoms with Gasteiger partial charge in [-0.3, -0.25) is 4.79 Å². The normalized spacial score (nSPS) is 13.5. The summed E-state index contributed by atoms with van der Waals surface area (Å²) in [6, 6.07) is 8.08. The number of amides is 1. The van der Waals surface area contributed by atoms with Crippen LogP contribution in [0.25, 0.3) is 11.0 Å². The number of likely N-dealkylation sites (tertiary alicyclic amines) is 1. The lowest BCUT2D eigenvalue weighted by Crippen LogP contribution is -2.28. The summed E-state index contributed by atoms with van der Waals surface area (Å²) in [5.41, 5.74) is 2.47. The largest absolute Gasteiger partial charge is 0.352 e. The van der Waals surface area contributed by atoms with E-state index in [-0.39, 0.29) is 24.0 Å². The number of pyridine rings is 2. The Labute approximate surface area is 173 Å². The van der Waals surface area contributed by atoms with Crippen LogP contribution in [0.4, 0.5) is 15.8 Å². The maximum Gasteiger partial charge on any atom is 0.257 e. The van der Waals surface area contributed by atoms with E-state index in [1.54, 1.807) is 17.0 Å². The molecule has 146 valence electrons. The first-order valence-electron chi connectivity index (χ1n) is 8.80. The Morgan fingerprint density at radius 2 is 1.96 bits per heavy atom. The maximum absolute atomic E-state index is 14.4. The molecule has 1 N–H and O–H groups in total. The van der Waals surface area contributed by atoms with Gasteiger partial charge in [0.2, 0.25) is 0 Å². The Bertz CT molecular complexity index is 1040. The van der Waals surface area contributed by atoms with Crippen molar-refractivity contribution < 1.29 is 9.18 Å². The summed E-state index contributed by atoms with van der Waals surface area (Å²) in [5, 5.41) is 4.05. The van der Waals surface area contributed by atoms with Gasteiger partial charge in [0.1, 0.15) is 5.82 Å². The molecule has 0 aliphatic carbocycles. The number of benzene rings is 1. The van der Waals surface area contributed by atoms with Crippen molar-refractivity contribution in [3.8, 4) is 0 Å².